The fourth-order valence-electron chi connectivity index (χ4n) is 10.6. The Morgan fingerprint density at radius 1 is 0.275 bits per heavy atom. The summed E-state index contributed by atoms with van der Waals surface area (Å²) in [6.07, 6.45) is 80.8. The Labute approximate surface area is 619 Å². The monoisotopic (exact) mass is 1470 g/mol. The van der Waals surface area contributed by atoms with Gasteiger partial charge in [-0.25, -0.2) is 9.13 Å². The number of hydrogen-bond donors (Lipinski definition) is 3. The molecule has 0 aromatic rings. The van der Waals surface area contributed by atoms with Crippen LogP contribution in [0.3, 0.4) is 0 Å². The van der Waals surface area contributed by atoms with Gasteiger partial charge in [0.15, 0.2) is 12.2 Å². The summed E-state index contributed by atoms with van der Waals surface area (Å²) in [6.45, 7) is 4.70. The van der Waals surface area contributed by atoms with E-state index in [1.807, 2.05) is 24.3 Å². The lowest BCUT2D eigenvalue weighted by molar-refractivity contribution is -0.161. The molecule has 588 valence electrons. The standard InChI is InChI=1S/C83H144O17P2/c1-5-9-13-17-21-25-29-33-36-38-41-45-48-52-56-60-64-68-81(86)94-73-78(99-82(87)69-65-61-57-53-49-43-32-28-24-20-16-12-8-4)75-97-101(89,90)95-71-77(84)72-96-102(91,92)98-76-79(74-93-80(85)67-63-59-55-51-47-44-40-35-31-27-23-19-15-11-7-3)100-83(88)70-66-62-58-54-50-46-42-39-37-34-30-26-22-18-14-10-6-2/h21-22,25-26,28,32-34,36-37,41-42,45-46,52,54,56,58,77-79,84H,5-20,23-24,27,29-31,35,38-40,43-44,47-51,53,55,57,59-76H2,1-4H3,(H,89,90)(H,91,92)/b25-21-,26-22-,32-28-,36-33-,37-34-,45-41-,46-42-,56-52-,58-54-/t77-,78-,79-/m1/s1. The summed E-state index contributed by atoms with van der Waals surface area (Å²) >= 11 is 0. The van der Waals surface area contributed by atoms with E-state index in [1.165, 1.54) is 135 Å². The molecule has 2 unspecified atom stereocenters. The normalized spacial score (nSPS) is 14.5. The van der Waals surface area contributed by atoms with Crippen molar-refractivity contribution in [2.24, 2.45) is 0 Å². The van der Waals surface area contributed by atoms with E-state index in [-0.39, 0.29) is 25.7 Å². The molecule has 0 aliphatic heterocycles. The van der Waals surface area contributed by atoms with Gasteiger partial charge in [-0.3, -0.25) is 37.3 Å². The zero-order valence-corrected chi connectivity index (χ0v) is 66.0. The van der Waals surface area contributed by atoms with E-state index in [1.54, 1.807) is 0 Å². The number of phosphoric acid groups is 2. The molecule has 0 aromatic heterocycles. The third-order valence-electron chi connectivity index (χ3n) is 16.7. The van der Waals surface area contributed by atoms with Crippen LogP contribution in [0.1, 0.15) is 336 Å². The summed E-state index contributed by atoms with van der Waals surface area (Å²) in [5.74, 6) is -2.30. The van der Waals surface area contributed by atoms with Crippen LogP contribution in [0.4, 0.5) is 0 Å². The predicted molar refractivity (Wildman–Crippen MR) is 418 cm³/mol. The first-order chi connectivity index (χ1) is 49.7. The number of phosphoric ester groups is 2. The summed E-state index contributed by atoms with van der Waals surface area (Å²) in [6, 6.07) is 0. The van der Waals surface area contributed by atoms with Crippen molar-refractivity contribution in [2.75, 3.05) is 39.6 Å². The first kappa shape index (κ1) is 97.7. The minimum Gasteiger partial charge on any atom is -0.462 e. The highest BCUT2D eigenvalue weighted by Gasteiger charge is 2.30. The van der Waals surface area contributed by atoms with Crippen LogP contribution >= 0.6 is 15.6 Å². The van der Waals surface area contributed by atoms with Gasteiger partial charge in [0, 0.05) is 25.7 Å². The average Bonchev–Trinajstić information content (AvgIpc) is 0.909. The summed E-state index contributed by atoms with van der Waals surface area (Å²) in [7, 11) is -9.99. The number of allylic oxidation sites excluding steroid dienone is 18. The zero-order valence-electron chi connectivity index (χ0n) is 64.3. The quantitative estimate of drug-likeness (QED) is 0.0169. The summed E-state index contributed by atoms with van der Waals surface area (Å²) in [4.78, 5) is 72.9. The molecule has 5 atom stereocenters. The van der Waals surface area contributed by atoms with E-state index in [0.717, 1.165) is 109 Å². The van der Waals surface area contributed by atoms with Crippen molar-refractivity contribution >= 4 is 39.5 Å². The minimum atomic E-state index is -4.99. The van der Waals surface area contributed by atoms with Crippen LogP contribution in [0.5, 0.6) is 0 Å². The van der Waals surface area contributed by atoms with Crippen LogP contribution in [0.2, 0.25) is 0 Å². The molecule has 0 fully saturated rings. The first-order valence-electron chi connectivity index (χ1n) is 40.1. The Balaban J connectivity index is 5.44. The van der Waals surface area contributed by atoms with Crippen LogP contribution in [0.25, 0.3) is 0 Å². The van der Waals surface area contributed by atoms with Gasteiger partial charge in [-0.15, -0.1) is 0 Å². The molecule has 0 bridgehead atoms. The lowest BCUT2D eigenvalue weighted by atomic mass is 10.0. The minimum absolute atomic E-state index is 0.0190. The Kier molecular flexibility index (Phi) is 71.8. The number of aliphatic hydroxyl groups is 1. The van der Waals surface area contributed by atoms with E-state index < -0.39 is 97.5 Å². The molecule has 0 rings (SSSR count). The maximum Gasteiger partial charge on any atom is 0.472 e. The maximum atomic E-state index is 13.1. The van der Waals surface area contributed by atoms with E-state index >= 15 is 0 Å². The number of esters is 4. The molecule has 0 amide bonds. The molecule has 0 aliphatic carbocycles. The van der Waals surface area contributed by atoms with Crippen molar-refractivity contribution in [3.05, 3.63) is 109 Å². The van der Waals surface area contributed by atoms with Gasteiger partial charge < -0.3 is 33.8 Å². The molecule has 17 nitrogen and oxygen atoms in total. The topological polar surface area (TPSA) is 237 Å². The molecule has 102 heavy (non-hydrogen) atoms. The highest BCUT2D eigenvalue weighted by molar-refractivity contribution is 7.47. The number of aliphatic hydroxyl groups excluding tert-OH is 1. The van der Waals surface area contributed by atoms with Crippen LogP contribution in [-0.4, -0.2) is 96.7 Å². The Hall–Kier alpha value is -4.28. The van der Waals surface area contributed by atoms with Gasteiger partial charge in [-0.05, 0) is 128 Å². The number of hydrogen-bond acceptors (Lipinski definition) is 15. The molecule has 0 aliphatic rings. The molecule has 0 saturated carbocycles. The van der Waals surface area contributed by atoms with Crippen molar-refractivity contribution in [3.63, 3.8) is 0 Å². The molecular weight excluding hydrogens is 1330 g/mol. The van der Waals surface area contributed by atoms with Gasteiger partial charge in [0.1, 0.15) is 19.3 Å². The first-order valence-corrected chi connectivity index (χ1v) is 43.1. The largest absolute Gasteiger partial charge is 0.472 e. The SMILES string of the molecule is CCCCC/C=C\C/C=C\C/C=C\C/C=C\CCCC(=O)OC[C@H](COP(=O)(O)OC[C@@H](O)COP(=O)(O)OC[C@@H](COC(=O)CCCCCCCCCCCCCCCCC)OC(=O)CCC/C=C\C/C=C\C/C=C\C/C=C\CCCCC)OC(=O)CCCCCCC/C=C\CCCCCC. The lowest BCUT2D eigenvalue weighted by Crippen LogP contribution is -2.30. The number of unbranched alkanes of at least 4 members (excludes halogenated alkanes) is 31. The number of carbonyl (C=O) groups is 4. The van der Waals surface area contributed by atoms with Crippen molar-refractivity contribution in [2.45, 2.75) is 354 Å². The zero-order chi connectivity index (χ0) is 74.6. The second kappa shape index (κ2) is 75.0. The third-order valence-corrected chi connectivity index (χ3v) is 18.6. The average molecular weight is 1480 g/mol. The molecule has 0 spiro atoms. The fourth-order valence-corrected chi connectivity index (χ4v) is 12.1. The van der Waals surface area contributed by atoms with Gasteiger partial charge in [0.05, 0.1) is 26.4 Å². The molecular formula is C83H144O17P2. The number of rotatable bonds is 75. The summed E-state index contributed by atoms with van der Waals surface area (Å²) in [5, 5.41) is 10.6. The lowest BCUT2D eigenvalue weighted by Gasteiger charge is -2.21. The summed E-state index contributed by atoms with van der Waals surface area (Å²) in [5.41, 5.74) is 0. The second-order valence-electron chi connectivity index (χ2n) is 26.7. The molecule has 0 heterocycles. The van der Waals surface area contributed by atoms with Crippen LogP contribution in [-0.2, 0) is 65.4 Å². The van der Waals surface area contributed by atoms with Gasteiger partial charge in [0.2, 0.25) is 0 Å². The number of carbonyl (C=O) groups excluding carboxylic acids is 4. The van der Waals surface area contributed by atoms with Crippen LogP contribution in [0.15, 0.2) is 109 Å². The maximum absolute atomic E-state index is 13.1. The highest BCUT2D eigenvalue weighted by atomic mass is 31.2. The highest BCUT2D eigenvalue weighted by Crippen LogP contribution is 2.45. The van der Waals surface area contributed by atoms with Crippen molar-refractivity contribution < 1.29 is 80.2 Å². The van der Waals surface area contributed by atoms with E-state index in [2.05, 4.69) is 113 Å². The second-order valence-corrected chi connectivity index (χ2v) is 29.6. The van der Waals surface area contributed by atoms with Crippen molar-refractivity contribution in [1.82, 2.24) is 0 Å². The van der Waals surface area contributed by atoms with Gasteiger partial charge in [0.25, 0.3) is 0 Å². The molecule has 0 saturated heterocycles. The van der Waals surface area contributed by atoms with Crippen LogP contribution in [0, 0.1) is 0 Å². The van der Waals surface area contributed by atoms with Crippen LogP contribution < -0.4 is 0 Å². The van der Waals surface area contributed by atoms with E-state index in [9.17, 15) is 43.2 Å². The van der Waals surface area contributed by atoms with Gasteiger partial charge >= 0.3 is 39.5 Å². The molecule has 0 radical (unpaired) electrons. The Morgan fingerprint density at radius 3 is 0.824 bits per heavy atom. The van der Waals surface area contributed by atoms with Gasteiger partial charge in [-0.2, -0.15) is 0 Å². The molecule has 0 aromatic carbocycles. The van der Waals surface area contributed by atoms with Crippen molar-refractivity contribution in [1.29, 1.82) is 0 Å². The van der Waals surface area contributed by atoms with E-state index in [0.29, 0.717) is 38.5 Å². The molecule has 3 N–H and O–H groups in total. The van der Waals surface area contributed by atoms with Gasteiger partial charge in [-0.1, -0.05) is 291 Å². The smallest absolute Gasteiger partial charge is 0.462 e. The number of ether oxygens (including phenoxy) is 4. The Bertz CT molecular complexity index is 2360. The summed E-state index contributed by atoms with van der Waals surface area (Å²) < 4.78 is 68.5. The fraction of sp³-hybridized carbons (Fsp3) is 0.735. The van der Waals surface area contributed by atoms with Crippen molar-refractivity contribution in [3.8, 4) is 0 Å². The van der Waals surface area contributed by atoms with E-state index in [4.69, 9.17) is 37.0 Å². The predicted octanol–water partition coefficient (Wildman–Crippen LogP) is 23.3. The molecule has 19 heteroatoms. The third kappa shape index (κ3) is 74.0. The Morgan fingerprint density at radius 2 is 0.490 bits per heavy atom.